The first kappa shape index (κ1) is 14.5. The van der Waals surface area contributed by atoms with E-state index in [0.29, 0.717) is 12.0 Å². The summed E-state index contributed by atoms with van der Waals surface area (Å²) < 4.78 is 0. The molecule has 21 heavy (non-hydrogen) atoms. The first-order valence-corrected chi connectivity index (χ1v) is 8.27. The fraction of sp³-hybridized carbons (Fsp3) is 0.600. The van der Waals surface area contributed by atoms with Gasteiger partial charge in [0.05, 0.1) is 5.39 Å². The van der Waals surface area contributed by atoms with Crippen molar-refractivity contribution in [2.45, 2.75) is 25.8 Å². The van der Waals surface area contributed by atoms with Gasteiger partial charge in [-0.25, -0.2) is 4.98 Å². The Labute approximate surface area is 130 Å². The fourth-order valence-corrected chi connectivity index (χ4v) is 3.84. The number of rotatable bonds is 3. The lowest BCUT2D eigenvalue weighted by molar-refractivity contribution is 0.252. The zero-order chi connectivity index (χ0) is 15.0. The van der Waals surface area contributed by atoms with Gasteiger partial charge >= 0.3 is 0 Å². The third-order valence-electron chi connectivity index (χ3n) is 4.29. The highest BCUT2D eigenvalue weighted by Gasteiger charge is 2.24. The van der Waals surface area contributed by atoms with Gasteiger partial charge in [-0.15, -0.1) is 11.3 Å². The molecule has 3 heterocycles. The monoisotopic (exact) mass is 305 g/mol. The second-order valence-electron chi connectivity index (χ2n) is 5.84. The lowest BCUT2D eigenvalue weighted by Crippen LogP contribution is -2.42. The average Bonchev–Trinajstić information content (AvgIpc) is 2.86. The Balaban J connectivity index is 1.97. The van der Waals surface area contributed by atoms with E-state index in [1.807, 2.05) is 7.05 Å². The number of likely N-dealkylation sites (tertiary alicyclic amines) is 1. The van der Waals surface area contributed by atoms with E-state index < -0.39 is 0 Å². The van der Waals surface area contributed by atoms with Crippen LogP contribution in [0, 0.1) is 6.92 Å². The van der Waals surface area contributed by atoms with Gasteiger partial charge in [0.1, 0.15) is 10.6 Å². The fourth-order valence-electron chi connectivity index (χ4n) is 2.96. The summed E-state index contributed by atoms with van der Waals surface area (Å²) >= 11 is 1.73. The van der Waals surface area contributed by atoms with Crippen LogP contribution in [0.2, 0.25) is 0 Å². The van der Waals surface area contributed by atoms with E-state index in [1.54, 1.807) is 11.3 Å². The number of hydrogen-bond donors (Lipinski definition) is 1. The molecular weight excluding hydrogens is 282 g/mol. The summed E-state index contributed by atoms with van der Waals surface area (Å²) in [6.45, 7) is 4.44. The molecule has 2 aromatic rings. The van der Waals surface area contributed by atoms with Gasteiger partial charge in [0.15, 0.2) is 0 Å². The third kappa shape index (κ3) is 2.82. The van der Waals surface area contributed by atoms with Crippen molar-refractivity contribution in [3.05, 3.63) is 10.9 Å². The van der Waals surface area contributed by atoms with Gasteiger partial charge in [0, 0.05) is 25.0 Å². The van der Waals surface area contributed by atoms with Crippen LogP contribution in [0.3, 0.4) is 0 Å². The van der Waals surface area contributed by atoms with Crippen LogP contribution in [-0.2, 0) is 0 Å². The van der Waals surface area contributed by atoms with Gasteiger partial charge in [-0.2, -0.15) is 4.98 Å². The van der Waals surface area contributed by atoms with Crippen molar-refractivity contribution in [3.8, 4) is 0 Å². The van der Waals surface area contributed by atoms with Crippen molar-refractivity contribution >= 4 is 33.3 Å². The van der Waals surface area contributed by atoms with E-state index in [9.17, 15) is 0 Å². The molecule has 5 nitrogen and oxygen atoms in total. The highest BCUT2D eigenvalue weighted by molar-refractivity contribution is 7.18. The zero-order valence-corrected chi connectivity index (χ0v) is 14.0. The quantitative estimate of drug-likeness (QED) is 0.944. The molecule has 0 bridgehead atoms. The number of anilines is 2. The molecule has 0 unspecified atom stereocenters. The maximum absolute atomic E-state index is 4.72. The van der Waals surface area contributed by atoms with Gasteiger partial charge in [-0.3, -0.25) is 0 Å². The van der Waals surface area contributed by atoms with Crippen molar-refractivity contribution < 1.29 is 0 Å². The number of aryl methyl sites for hydroxylation is 1. The standard InChI is InChI=1S/C15H23N5S/c1-10-9-12-13(17-15(16-2)18-14(12)21-10)20(4)11-5-7-19(3)8-6-11/h9,11H,5-8H2,1-4H3,(H,16,17,18). The molecule has 0 radical (unpaired) electrons. The van der Waals surface area contributed by atoms with Crippen LogP contribution < -0.4 is 10.2 Å². The zero-order valence-electron chi connectivity index (χ0n) is 13.2. The first-order valence-electron chi connectivity index (χ1n) is 7.46. The van der Waals surface area contributed by atoms with Gasteiger partial charge < -0.3 is 15.1 Å². The van der Waals surface area contributed by atoms with E-state index in [4.69, 9.17) is 4.98 Å². The van der Waals surface area contributed by atoms with E-state index in [0.717, 1.165) is 23.7 Å². The number of thiophene rings is 1. The Morgan fingerprint density at radius 3 is 2.71 bits per heavy atom. The van der Waals surface area contributed by atoms with Gasteiger partial charge in [0.25, 0.3) is 0 Å². The summed E-state index contributed by atoms with van der Waals surface area (Å²) in [7, 11) is 6.24. The van der Waals surface area contributed by atoms with Gasteiger partial charge in [0.2, 0.25) is 5.95 Å². The molecule has 0 spiro atoms. The Kier molecular flexibility index (Phi) is 3.99. The van der Waals surface area contributed by atoms with Crippen molar-refractivity contribution in [1.29, 1.82) is 0 Å². The number of aromatic nitrogens is 2. The molecule has 0 aliphatic carbocycles. The highest BCUT2D eigenvalue weighted by Crippen LogP contribution is 2.33. The van der Waals surface area contributed by atoms with Crippen LogP contribution in [-0.4, -0.2) is 55.1 Å². The number of piperidine rings is 1. The molecule has 0 atom stereocenters. The molecule has 3 rings (SSSR count). The topological polar surface area (TPSA) is 44.3 Å². The average molecular weight is 305 g/mol. The van der Waals surface area contributed by atoms with E-state index in [-0.39, 0.29) is 0 Å². The van der Waals surface area contributed by atoms with Crippen LogP contribution in [0.4, 0.5) is 11.8 Å². The Morgan fingerprint density at radius 1 is 1.33 bits per heavy atom. The minimum atomic E-state index is 0.559. The second kappa shape index (κ2) is 5.77. The van der Waals surface area contributed by atoms with Crippen molar-refractivity contribution in [1.82, 2.24) is 14.9 Å². The van der Waals surface area contributed by atoms with Crippen LogP contribution in [0.25, 0.3) is 10.2 Å². The van der Waals surface area contributed by atoms with Gasteiger partial charge in [-0.1, -0.05) is 0 Å². The summed E-state index contributed by atoms with van der Waals surface area (Å²) in [5.41, 5.74) is 0. The van der Waals surface area contributed by atoms with Crippen LogP contribution in [0.15, 0.2) is 6.07 Å². The second-order valence-corrected chi connectivity index (χ2v) is 7.08. The first-order chi connectivity index (χ1) is 10.1. The Morgan fingerprint density at radius 2 is 2.05 bits per heavy atom. The minimum Gasteiger partial charge on any atom is -0.357 e. The van der Waals surface area contributed by atoms with E-state index >= 15 is 0 Å². The molecule has 1 saturated heterocycles. The molecule has 6 heteroatoms. The summed E-state index contributed by atoms with van der Waals surface area (Å²) in [5, 5.41) is 4.26. The third-order valence-corrected chi connectivity index (χ3v) is 5.23. The van der Waals surface area contributed by atoms with Crippen molar-refractivity contribution in [3.63, 3.8) is 0 Å². The normalized spacial score (nSPS) is 17.3. The van der Waals surface area contributed by atoms with Crippen molar-refractivity contribution in [2.75, 3.05) is 44.4 Å². The summed E-state index contributed by atoms with van der Waals surface area (Å²) in [4.78, 5) is 16.4. The summed E-state index contributed by atoms with van der Waals surface area (Å²) in [5.74, 6) is 1.77. The smallest absolute Gasteiger partial charge is 0.225 e. The summed E-state index contributed by atoms with van der Waals surface area (Å²) in [6.07, 6.45) is 2.38. The Hall–Kier alpha value is -1.40. The SMILES string of the molecule is CNc1nc(N(C)C2CCN(C)CC2)c2cc(C)sc2n1. The van der Waals surface area contributed by atoms with Gasteiger partial charge in [-0.05, 0) is 46.0 Å². The molecule has 0 amide bonds. The number of fused-ring (bicyclic) bond motifs is 1. The number of nitrogens with one attached hydrogen (secondary N) is 1. The van der Waals surface area contributed by atoms with Crippen LogP contribution in [0.1, 0.15) is 17.7 Å². The predicted molar refractivity (Wildman–Crippen MR) is 90.6 cm³/mol. The minimum absolute atomic E-state index is 0.559. The lowest BCUT2D eigenvalue weighted by atomic mass is 10.0. The molecule has 2 aromatic heterocycles. The van der Waals surface area contributed by atoms with Crippen LogP contribution >= 0.6 is 11.3 Å². The molecule has 0 aromatic carbocycles. The van der Waals surface area contributed by atoms with E-state index in [1.165, 1.54) is 23.1 Å². The highest BCUT2D eigenvalue weighted by atomic mass is 32.1. The number of nitrogens with zero attached hydrogens (tertiary/aromatic N) is 4. The van der Waals surface area contributed by atoms with Crippen molar-refractivity contribution in [2.24, 2.45) is 0 Å². The predicted octanol–water partition coefficient (Wildman–Crippen LogP) is 2.57. The van der Waals surface area contributed by atoms with E-state index in [2.05, 4.69) is 47.2 Å². The molecule has 114 valence electrons. The summed E-state index contributed by atoms with van der Waals surface area (Å²) in [6, 6.07) is 2.77. The molecule has 0 saturated carbocycles. The molecule has 1 aliphatic heterocycles. The lowest BCUT2D eigenvalue weighted by Gasteiger charge is -2.36. The molecule has 1 aliphatic rings. The molecule has 1 fully saturated rings. The molecular formula is C15H23N5S. The number of hydrogen-bond acceptors (Lipinski definition) is 6. The maximum Gasteiger partial charge on any atom is 0.225 e. The maximum atomic E-state index is 4.72. The molecule has 1 N–H and O–H groups in total. The largest absolute Gasteiger partial charge is 0.357 e. The van der Waals surface area contributed by atoms with Crippen LogP contribution in [0.5, 0.6) is 0 Å². The Bertz CT molecular complexity index is 630.